The number of methoxy groups -OCH3 is 1. The van der Waals surface area contributed by atoms with Crippen LogP contribution in [0.4, 0.5) is 0 Å². The maximum absolute atomic E-state index is 13.1. The molecule has 2 fully saturated rings. The molecule has 35 heavy (non-hydrogen) atoms. The molecular weight excluding hydrogens is 446 g/mol. The number of hydrogen-bond acceptors (Lipinski definition) is 6. The Morgan fingerprint density at radius 3 is 2.49 bits per heavy atom. The van der Waals surface area contributed by atoms with E-state index in [2.05, 4.69) is 25.6 Å². The van der Waals surface area contributed by atoms with E-state index in [1.165, 1.54) is 26.1 Å². The molecule has 2 saturated carbocycles. The summed E-state index contributed by atoms with van der Waals surface area (Å²) >= 11 is 0. The molecule has 2 amide bonds. The fraction of sp³-hybridized carbons (Fsp3) is 0.462. The number of nitrogens with one attached hydrogen (secondary N) is 3. The summed E-state index contributed by atoms with van der Waals surface area (Å²) in [5.41, 5.74) is 3.25. The van der Waals surface area contributed by atoms with Crippen molar-refractivity contribution in [3.05, 3.63) is 36.3 Å². The molecule has 0 bridgehead atoms. The van der Waals surface area contributed by atoms with Crippen LogP contribution in [-0.2, 0) is 4.79 Å². The second kappa shape index (κ2) is 9.93. The molecule has 2 aromatic heterocycles. The Hall–Kier alpha value is -3.62. The van der Waals surface area contributed by atoms with Crippen LogP contribution in [-0.4, -0.2) is 52.6 Å². The fourth-order valence-corrected chi connectivity index (χ4v) is 4.69. The third kappa shape index (κ3) is 5.23. The number of nitrogens with zero attached hydrogens (tertiary/aromatic N) is 2. The van der Waals surface area contributed by atoms with Gasteiger partial charge in [-0.15, -0.1) is 0 Å². The second-order valence-electron chi connectivity index (χ2n) is 9.49. The number of carbonyl (C=O) groups excluding carboxylic acids is 2. The van der Waals surface area contributed by atoms with Gasteiger partial charge in [-0.05, 0) is 56.6 Å². The number of benzene rings is 1. The average Bonchev–Trinajstić information content (AvgIpc) is 3.59. The van der Waals surface area contributed by atoms with Gasteiger partial charge >= 0.3 is 0 Å². The van der Waals surface area contributed by atoms with Gasteiger partial charge in [-0.3, -0.25) is 9.59 Å². The molecular formula is C26H31N5O4. The molecule has 9 heteroatoms. The van der Waals surface area contributed by atoms with Crippen LogP contribution in [0.1, 0.15) is 55.8 Å². The zero-order valence-electron chi connectivity index (χ0n) is 20.1. The lowest BCUT2D eigenvalue weighted by Gasteiger charge is -2.29. The van der Waals surface area contributed by atoms with E-state index in [4.69, 9.17) is 9.47 Å². The van der Waals surface area contributed by atoms with E-state index < -0.39 is 0 Å². The topological polar surface area (TPSA) is 118 Å². The fourth-order valence-electron chi connectivity index (χ4n) is 4.69. The van der Waals surface area contributed by atoms with Gasteiger partial charge < -0.3 is 25.1 Å². The van der Waals surface area contributed by atoms with Gasteiger partial charge in [0.2, 0.25) is 5.91 Å². The van der Waals surface area contributed by atoms with Crippen LogP contribution in [0.2, 0.25) is 0 Å². The van der Waals surface area contributed by atoms with Crippen molar-refractivity contribution in [2.75, 3.05) is 13.7 Å². The predicted octanol–water partition coefficient (Wildman–Crippen LogP) is 3.60. The van der Waals surface area contributed by atoms with Gasteiger partial charge in [-0.1, -0.05) is 0 Å². The van der Waals surface area contributed by atoms with Gasteiger partial charge in [-0.2, -0.15) is 0 Å². The van der Waals surface area contributed by atoms with Crippen LogP contribution in [0.15, 0.2) is 30.7 Å². The highest BCUT2D eigenvalue weighted by molar-refractivity contribution is 6.08. The van der Waals surface area contributed by atoms with E-state index in [-0.39, 0.29) is 23.9 Å². The number of fused-ring (bicyclic) bond motifs is 1. The van der Waals surface area contributed by atoms with Gasteiger partial charge in [0.15, 0.2) is 0 Å². The highest BCUT2D eigenvalue weighted by Gasteiger charge is 2.26. The number of H-pyrrole nitrogens is 1. The maximum atomic E-state index is 13.1. The largest absolute Gasteiger partial charge is 0.497 e. The van der Waals surface area contributed by atoms with Crippen molar-refractivity contribution in [1.82, 2.24) is 25.6 Å². The Kier molecular flexibility index (Phi) is 6.57. The van der Waals surface area contributed by atoms with Crippen molar-refractivity contribution in [3.8, 4) is 22.8 Å². The zero-order valence-corrected chi connectivity index (χ0v) is 20.1. The summed E-state index contributed by atoms with van der Waals surface area (Å²) < 4.78 is 11.5. The lowest BCUT2D eigenvalue weighted by atomic mass is 9.91. The number of aromatic amines is 1. The van der Waals surface area contributed by atoms with Crippen LogP contribution in [0.25, 0.3) is 22.3 Å². The molecule has 3 aromatic rings. The minimum atomic E-state index is -0.163. The summed E-state index contributed by atoms with van der Waals surface area (Å²) in [6.07, 6.45) is 8.92. The first-order valence-corrected chi connectivity index (χ1v) is 12.2. The van der Waals surface area contributed by atoms with Crippen molar-refractivity contribution in [2.24, 2.45) is 5.92 Å². The van der Waals surface area contributed by atoms with Crippen molar-refractivity contribution >= 4 is 22.8 Å². The average molecular weight is 478 g/mol. The molecule has 0 aliphatic heterocycles. The molecule has 5 rings (SSSR count). The van der Waals surface area contributed by atoms with Gasteiger partial charge in [0.05, 0.1) is 24.8 Å². The predicted molar refractivity (Wildman–Crippen MR) is 131 cm³/mol. The SMILES string of the molecule is COc1ccc(-c2ncnc3c(C(=O)N[C@H]4CC[C@@H](NC(C)=O)CC4)c[nH]c23)c(OCC2CC2)c1. The summed E-state index contributed by atoms with van der Waals surface area (Å²) in [5, 5.41) is 6.11. The van der Waals surface area contributed by atoms with Crippen LogP contribution >= 0.6 is 0 Å². The van der Waals surface area contributed by atoms with Crippen molar-refractivity contribution in [1.29, 1.82) is 0 Å². The third-order valence-electron chi connectivity index (χ3n) is 6.79. The molecule has 0 radical (unpaired) electrons. The molecule has 0 saturated heterocycles. The molecule has 2 aliphatic carbocycles. The Morgan fingerprint density at radius 2 is 1.80 bits per heavy atom. The van der Waals surface area contributed by atoms with Crippen molar-refractivity contribution in [2.45, 2.75) is 57.5 Å². The lowest BCUT2D eigenvalue weighted by molar-refractivity contribution is -0.119. The van der Waals surface area contributed by atoms with Gasteiger partial charge in [0.1, 0.15) is 29.0 Å². The number of carbonyl (C=O) groups is 2. The Balaban J connectivity index is 1.36. The number of amides is 2. The van der Waals surface area contributed by atoms with Crippen LogP contribution < -0.4 is 20.1 Å². The van der Waals surface area contributed by atoms with Gasteiger partial charge in [0, 0.05) is 36.8 Å². The third-order valence-corrected chi connectivity index (χ3v) is 6.79. The smallest absolute Gasteiger partial charge is 0.255 e. The zero-order chi connectivity index (χ0) is 24.4. The molecule has 184 valence electrons. The first kappa shape index (κ1) is 23.1. The molecule has 3 N–H and O–H groups in total. The molecule has 0 unspecified atom stereocenters. The lowest BCUT2D eigenvalue weighted by Crippen LogP contribution is -2.43. The highest BCUT2D eigenvalue weighted by Crippen LogP contribution is 2.37. The Morgan fingerprint density at radius 1 is 1.06 bits per heavy atom. The Bertz CT molecular complexity index is 1230. The van der Waals surface area contributed by atoms with Crippen molar-refractivity contribution < 1.29 is 19.1 Å². The second-order valence-corrected chi connectivity index (χ2v) is 9.49. The molecule has 0 atom stereocenters. The van der Waals surface area contributed by atoms with E-state index in [0.717, 1.165) is 31.2 Å². The minimum Gasteiger partial charge on any atom is -0.497 e. The number of aromatic nitrogens is 3. The van der Waals surface area contributed by atoms with E-state index in [9.17, 15) is 9.59 Å². The summed E-state index contributed by atoms with van der Waals surface area (Å²) in [7, 11) is 1.63. The number of ether oxygens (including phenoxy) is 2. The quantitative estimate of drug-likeness (QED) is 0.456. The molecule has 9 nitrogen and oxygen atoms in total. The van der Waals surface area contributed by atoms with E-state index in [1.807, 2.05) is 18.2 Å². The maximum Gasteiger partial charge on any atom is 0.255 e. The molecule has 2 aliphatic rings. The van der Waals surface area contributed by atoms with Crippen LogP contribution in [0.3, 0.4) is 0 Å². The summed E-state index contributed by atoms with van der Waals surface area (Å²) in [6, 6.07) is 5.94. The number of hydrogen-bond donors (Lipinski definition) is 3. The van der Waals surface area contributed by atoms with Crippen molar-refractivity contribution in [3.63, 3.8) is 0 Å². The first-order valence-electron chi connectivity index (χ1n) is 12.2. The summed E-state index contributed by atoms with van der Waals surface area (Å²) in [6.45, 7) is 2.20. The van der Waals surface area contributed by atoms with E-state index in [1.54, 1.807) is 13.3 Å². The summed E-state index contributed by atoms with van der Waals surface area (Å²) in [4.78, 5) is 36.6. The minimum absolute atomic E-state index is 0.00952. The first-order chi connectivity index (χ1) is 17.0. The summed E-state index contributed by atoms with van der Waals surface area (Å²) in [5.74, 6) is 1.85. The monoisotopic (exact) mass is 477 g/mol. The molecule has 2 heterocycles. The Labute approximate surface area is 204 Å². The van der Waals surface area contributed by atoms with E-state index in [0.29, 0.717) is 46.3 Å². The molecule has 0 spiro atoms. The number of rotatable bonds is 8. The standard InChI is InChI=1S/C26H31N5O4/c1-15(32)30-17-5-7-18(8-6-17)31-26(33)21-12-27-25-23(28-14-29-24(21)25)20-10-9-19(34-2)11-22(20)35-13-16-3-4-16/h9-12,14,16-18,27H,3-8,13H2,1-2H3,(H,30,32)(H,31,33)/t17-,18+. The highest BCUT2D eigenvalue weighted by atomic mass is 16.5. The van der Waals surface area contributed by atoms with Crippen LogP contribution in [0.5, 0.6) is 11.5 Å². The normalized spacial score (nSPS) is 19.8. The van der Waals surface area contributed by atoms with Gasteiger partial charge in [-0.25, -0.2) is 9.97 Å². The molecule has 1 aromatic carbocycles. The van der Waals surface area contributed by atoms with E-state index >= 15 is 0 Å². The van der Waals surface area contributed by atoms with Gasteiger partial charge in [0.25, 0.3) is 5.91 Å². The van der Waals surface area contributed by atoms with Crippen LogP contribution in [0, 0.1) is 5.92 Å².